The smallest absolute Gasteiger partial charge is 0.338 e. The van der Waals surface area contributed by atoms with Crippen molar-refractivity contribution in [2.45, 2.75) is 6.61 Å². The third kappa shape index (κ3) is 2.09. The van der Waals surface area contributed by atoms with Crippen LogP contribution in [0.5, 0.6) is 0 Å². The zero-order chi connectivity index (χ0) is 10.6. The van der Waals surface area contributed by atoms with Crippen molar-refractivity contribution in [1.29, 1.82) is 0 Å². The van der Waals surface area contributed by atoms with Crippen molar-refractivity contribution >= 4 is 5.97 Å². The zero-order valence-electron chi connectivity index (χ0n) is 8.04. The van der Waals surface area contributed by atoms with Gasteiger partial charge >= 0.3 is 5.97 Å². The molecular weight excluding hydrogens is 187 g/mol. The van der Waals surface area contributed by atoms with Gasteiger partial charge in [-0.2, -0.15) is 0 Å². The van der Waals surface area contributed by atoms with Crippen LogP contribution in [0, 0.1) is 5.82 Å². The topological polar surface area (TPSA) is 35.5 Å². The van der Waals surface area contributed by atoms with Gasteiger partial charge in [0.15, 0.2) is 0 Å². The average Bonchev–Trinajstić information content (AvgIpc) is 2.20. The van der Waals surface area contributed by atoms with Gasteiger partial charge in [0, 0.05) is 12.7 Å². The summed E-state index contributed by atoms with van der Waals surface area (Å²) in [7, 11) is 2.69. The summed E-state index contributed by atoms with van der Waals surface area (Å²) in [6, 6.07) is 4.24. The minimum Gasteiger partial charge on any atom is -0.465 e. The molecule has 0 amide bonds. The molecule has 1 aromatic rings. The van der Waals surface area contributed by atoms with Crippen LogP contribution in [-0.4, -0.2) is 20.2 Å². The Morgan fingerprint density at radius 1 is 1.43 bits per heavy atom. The molecule has 0 aromatic heterocycles. The Kier molecular flexibility index (Phi) is 3.59. The molecule has 0 unspecified atom stereocenters. The molecule has 76 valence electrons. The van der Waals surface area contributed by atoms with Crippen molar-refractivity contribution in [3.8, 4) is 0 Å². The van der Waals surface area contributed by atoms with Crippen LogP contribution in [0.25, 0.3) is 0 Å². The van der Waals surface area contributed by atoms with Crippen LogP contribution in [0.15, 0.2) is 18.2 Å². The molecule has 0 radical (unpaired) electrons. The summed E-state index contributed by atoms with van der Waals surface area (Å²) in [5.74, 6) is -1.02. The quantitative estimate of drug-likeness (QED) is 0.694. The van der Waals surface area contributed by atoms with Crippen LogP contribution >= 0.6 is 0 Å². The summed E-state index contributed by atoms with van der Waals surface area (Å²) in [5.41, 5.74) is 0.427. The van der Waals surface area contributed by atoms with E-state index >= 15 is 0 Å². The van der Waals surface area contributed by atoms with Crippen molar-refractivity contribution < 1.29 is 18.7 Å². The molecule has 0 aliphatic rings. The van der Waals surface area contributed by atoms with Gasteiger partial charge in [-0.3, -0.25) is 0 Å². The van der Waals surface area contributed by atoms with E-state index < -0.39 is 11.8 Å². The second-order valence-corrected chi connectivity index (χ2v) is 2.69. The molecule has 3 nitrogen and oxygen atoms in total. The van der Waals surface area contributed by atoms with E-state index in [9.17, 15) is 9.18 Å². The molecule has 0 atom stereocenters. The molecule has 0 aliphatic carbocycles. The van der Waals surface area contributed by atoms with Crippen LogP contribution in [0.2, 0.25) is 0 Å². The Bertz CT molecular complexity index is 336. The molecule has 4 heteroatoms. The molecule has 0 fully saturated rings. The van der Waals surface area contributed by atoms with E-state index in [2.05, 4.69) is 4.74 Å². The van der Waals surface area contributed by atoms with Gasteiger partial charge in [0.1, 0.15) is 5.82 Å². The summed E-state index contributed by atoms with van der Waals surface area (Å²) >= 11 is 0. The van der Waals surface area contributed by atoms with Gasteiger partial charge < -0.3 is 9.47 Å². The maximum atomic E-state index is 13.2. The van der Waals surface area contributed by atoms with Crippen molar-refractivity contribution in [3.63, 3.8) is 0 Å². The van der Waals surface area contributed by atoms with Crippen molar-refractivity contribution in [2.75, 3.05) is 14.2 Å². The summed E-state index contributed by atoms with van der Waals surface area (Å²) in [4.78, 5) is 11.2. The molecule has 0 heterocycles. The number of carbonyl (C=O) groups is 1. The predicted molar refractivity (Wildman–Crippen MR) is 48.5 cm³/mol. The lowest BCUT2D eigenvalue weighted by Gasteiger charge is -2.07. The lowest BCUT2D eigenvalue weighted by molar-refractivity contribution is 0.0594. The lowest BCUT2D eigenvalue weighted by Crippen LogP contribution is -2.08. The monoisotopic (exact) mass is 198 g/mol. The van der Waals surface area contributed by atoms with Crippen LogP contribution in [0.4, 0.5) is 4.39 Å². The van der Waals surface area contributed by atoms with Crippen molar-refractivity contribution in [2.24, 2.45) is 0 Å². The van der Waals surface area contributed by atoms with Gasteiger partial charge in [-0.25, -0.2) is 9.18 Å². The zero-order valence-corrected chi connectivity index (χ0v) is 8.04. The van der Waals surface area contributed by atoms with Gasteiger partial charge in [-0.05, 0) is 12.1 Å². The molecule has 14 heavy (non-hydrogen) atoms. The third-order valence-electron chi connectivity index (χ3n) is 1.81. The van der Waals surface area contributed by atoms with E-state index in [-0.39, 0.29) is 17.7 Å². The van der Waals surface area contributed by atoms with E-state index in [1.807, 2.05) is 0 Å². The van der Waals surface area contributed by atoms with Crippen molar-refractivity contribution in [1.82, 2.24) is 0 Å². The standard InChI is InChI=1S/C10H11FO3/c1-13-6-8-7(10(12)14-2)4-3-5-9(8)11/h3-5H,6H2,1-2H3. The highest BCUT2D eigenvalue weighted by atomic mass is 19.1. The van der Waals surface area contributed by atoms with Crippen LogP contribution in [-0.2, 0) is 16.1 Å². The molecule has 0 saturated heterocycles. The van der Waals surface area contributed by atoms with Gasteiger partial charge in [0.05, 0.1) is 19.3 Å². The first-order chi connectivity index (χ1) is 6.70. The fourth-order valence-electron chi connectivity index (χ4n) is 1.15. The Hall–Kier alpha value is -1.42. The highest BCUT2D eigenvalue weighted by Gasteiger charge is 2.14. The van der Waals surface area contributed by atoms with Crippen LogP contribution in [0.3, 0.4) is 0 Å². The van der Waals surface area contributed by atoms with Crippen molar-refractivity contribution in [3.05, 3.63) is 35.1 Å². The second-order valence-electron chi connectivity index (χ2n) is 2.69. The normalized spacial score (nSPS) is 9.93. The molecule has 0 bridgehead atoms. The molecule has 0 N–H and O–H groups in total. The SMILES string of the molecule is COCc1c(F)cccc1C(=O)OC. The van der Waals surface area contributed by atoms with Gasteiger partial charge in [0.2, 0.25) is 0 Å². The minimum atomic E-state index is -0.559. The molecule has 1 rings (SSSR count). The van der Waals surface area contributed by atoms with Crippen LogP contribution in [0.1, 0.15) is 15.9 Å². The fraction of sp³-hybridized carbons (Fsp3) is 0.300. The fourth-order valence-corrected chi connectivity index (χ4v) is 1.15. The number of carbonyl (C=O) groups excluding carboxylic acids is 1. The highest BCUT2D eigenvalue weighted by molar-refractivity contribution is 5.91. The average molecular weight is 198 g/mol. The predicted octanol–water partition coefficient (Wildman–Crippen LogP) is 1.76. The van der Waals surface area contributed by atoms with Gasteiger partial charge in [-0.15, -0.1) is 0 Å². The summed E-state index contributed by atoms with van der Waals surface area (Å²) in [5, 5.41) is 0. The summed E-state index contributed by atoms with van der Waals surface area (Å²) in [6.45, 7) is 0.0527. The number of rotatable bonds is 3. The molecule has 0 saturated carbocycles. The van der Waals surface area contributed by atoms with Gasteiger partial charge in [0.25, 0.3) is 0 Å². The number of esters is 1. The van der Waals surface area contributed by atoms with E-state index in [1.165, 1.54) is 32.4 Å². The Balaban J connectivity index is 3.13. The Morgan fingerprint density at radius 2 is 2.14 bits per heavy atom. The number of halogens is 1. The first kappa shape index (κ1) is 10.7. The van der Waals surface area contributed by atoms with Crippen LogP contribution < -0.4 is 0 Å². The number of ether oxygens (including phenoxy) is 2. The third-order valence-corrected chi connectivity index (χ3v) is 1.81. The minimum absolute atomic E-state index is 0.0527. The first-order valence-electron chi connectivity index (χ1n) is 4.05. The molecule has 0 aliphatic heterocycles. The number of methoxy groups -OCH3 is 2. The first-order valence-corrected chi connectivity index (χ1v) is 4.05. The Labute approximate surface area is 81.4 Å². The molecule has 1 aromatic carbocycles. The van der Waals surface area contributed by atoms with E-state index in [0.29, 0.717) is 0 Å². The number of hydrogen-bond donors (Lipinski definition) is 0. The number of benzene rings is 1. The maximum absolute atomic E-state index is 13.2. The second kappa shape index (κ2) is 4.72. The number of hydrogen-bond acceptors (Lipinski definition) is 3. The molecule has 0 spiro atoms. The summed E-state index contributed by atoms with van der Waals surface area (Å²) < 4.78 is 22.6. The maximum Gasteiger partial charge on any atom is 0.338 e. The molecular formula is C10H11FO3. The lowest BCUT2D eigenvalue weighted by atomic mass is 10.1. The van der Waals surface area contributed by atoms with E-state index in [1.54, 1.807) is 0 Å². The largest absolute Gasteiger partial charge is 0.465 e. The van der Waals surface area contributed by atoms with Gasteiger partial charge in [-0.1, -0.05) is 6.07 Å². The highest BCUT2D eigenvalue weighted by Crippen LogP contribution is 2.15. The van der Waals surface area contributed by atoms with E-state index in [4.69, 9.17) is 4.74 Å². The van der Waals surface area contributed by atoms with E-state index in [0.717, 1.165) is 0 Å². The summed E-state index contributed by atoms with van der Waals surface area (Å²) in [6.07, 6.45) is 0. The Morgan fingerprint density at radius 3 is 2.71 bits per heavy atom.